The van der Waals surface area contributed by atoms with Crippen molar-refractivity contribution in [3.8, 4) is 12.3 Å². The Balaban J connectivity index is 1.56. The van der Waals surface area contributed by atoms with Crippen LogP contribution in [-0.2, 0) is 9.53 Å². The van der Waals surface area contributed by atoms with E-state index in [4.69, 9.17) is 16.3 Å². The Bertz CT molecular complexity index is 729. The van der Waals surface area contributed by atoms with E-state index in [0.29, 0.717) is 29.4 Å². The summed E-state index contributed by atoms with van der Waals surface area (Å²) >= 11 is 0. The number of aliphatic hydroxyl groups is 2. The predicted octanol–water partition coefficient (Wildman–Crippen LogP) is 3.34. The van der Waals surface area contributed by atoms with Gasteiger partial charge < -0.3 is 14.9 Å². The molecular formula is C23H30O4. The molecule has 0 saturated heterocycles. The van der Waals surface area contributed by atoms with Gasteiger partial charge in [0.05, 0.1) is 0 Å². The molecule has 0 spiro atoms. The minimum atomic E-state index is -0.939. The number of hydrogen-bond acceptors (Lipinski definition) is 4. The highest BCUT2D eigenvalue weighted by atomic mass is 16.5. The van der Waals surface area contributed by atoms with Crippen LogP contribution >= 0.6 is 0 Å². The maximum absolute atomic E-state index is 11.4. The molecule has 4 nitrogen and oxygen atoms in total. The number of carbonyl (C=O) groups excluding carboxylic acids is 1. The molecule has 6 atom stereocenters. The fraction of sp³-hybridized carbons (Fsp3) is 0.696. The van der Waals surface area contributed by atoms with Gasteiger partial charge in [-0.05, 0) is 87.2 Å². The second-order valence-corrected chi connectivity index (χ2v) is 8.86. The van der Waals surface area contributed by atoms with Crippen molar-refractivity contribution in [1.82, 2.24) is 0 Å². The average molecular weight is 370 g/mol. The summed E-state index contributed by atoms with van der Waals surface area (Å²) in [5.74, 6) is 5.03. The summed E-state index contributed by atoms with van der Waals surface area (Å²) in [6, 6.07) is 0. The molecule has 27 heavy (non-hydrogen) atoms. The quantitative estimate of drug-likeness (QED) is 0.591. The third-order valence-corrected chi connectivity index (χ3v) is 8.23. The summed E-state index contributed by atoms with van der Waals surface area (Å²) in [5, 5.41) is 20.1. The van der Waals surface area contributed by atoms with Gasteiger partial charge in [0.15, 0.2) is 0 Å². The summed E-state index contributed by atoms with van der Waals surface area (Å²) in [4.78, 5) is 11.4. The highest BCUT2D eigenvalue weighted by Crippen LogP contribution is 2.66. The van der Waals surface area contributed by atoms with Crippen molar-refractivity contribution in [2.24, 2.45) is 29.1 Å². The van der Waals surface area contributed by atoms with Gasteiger partial charge in [-0.3, -0.25) is 0 Å². The van der Waals surface area contributed by atoms with Crippen LogP contribution in [0.5, 0.6) is 0 Å². The first-order valence-corrected chi connectivity index (χ1v) is 10.4. The predicted molar refractivity (Wildman–Crippen MR) is 102 cm³/mol. The molecule has 0 amide bonds. The number of allylic oxidation sites excluding steroid dienone is 3. The maximum Gasteiger partial charge on any atom is 0.337 e. The minimum Gasteiger partial charge on any atom is -0.425 e. The zero-order valence-electron chi connectivity index (χ0n) is 16.1. The SMILES string of the molecule is C#C[C@]1(O)CCC2C3CCC4=CC(OC(=O)CO)=CCC4C3CC[C@@]21CC. The first-order chi connectivity index (χ1) is 13.0. The van der Waals surface area contributed by atoms with Gasteiger partial charge in [0, 0.05) is 5.41 Å². The van der Waals surface area contributed by atoms with Crippen molar-refractivity contribution >= 4 is 5.97 Å². The van der Waals surface area contributed by atoms with E-state index in [1.807, 2.05) is 12.2 Å². The normalized spacial score (nSPS) is 42.7. The van der Waals surface area contributed by atoms with Crippen LogP contribution in [0.2, 0.25) is 0 Å². The monoisotopic (exact) mass is 370 g/mol. The molecule has 4 aliphatic rings. The molecule has 0 radical (unpaired) electrons. The van der Waals surface area contributed by atoms with Gasteiger partial charge in [0.1, 0.15) is 18.0 Å². The van der Waals surface area contributed by atoms with E-state index in [1.165, 1.54) is 5.57 Å². The van der Waals surface area contributed by atoms with Gasteiger partial charge in [-0.15, -0.1) is 6.42 Å². The van der Waals surface area contributed by atoms with E-state index >= 15 is 0 Å². The van der Waals surface area contributed by atoms with Crippen molar-refractivity contribution in [2.75, 3.05) is 6.61 Å². The zero-order valence-corrected chi connectivity index (χ0v) is 16.1. The standard InChI is InChI=1S/C23H30O4/c1-3-22-11-9-18-17-8-6-16(27-21(25)14-24)13-15(17)5-7-19(18)20(22)10-12-23(22,26)4-2/h2,6,13,17-20,24,26H,3,5,7-12,14H2,1H3/t17?,18?,19?,20?,22-,23-/m0/s1. The molecule has 0 bridgehead atoms. The molecule has 3 fully saturated rings. The lowest BCUT2D eigenvalue weighted by Gasteiger charge is -2.55. The number of terminal acetylenes is 1. The highest BCUT2D eigenvalue weighted by molar-refractivity contribution is 5.72. The second-order valence-electron chi connectivity index (χ2n) is 8.86. The second kappa shape index (κ2) is 6.79. The molecule has 4 aliphatic carbocycles. The number of esters is 1. The van der Waals surface area contributed by atoms with E-state index in [0.717, 1.165) is 51.4 Å². The Hall–Kier alpha value is -1.57. The Morgan fingerprint density at radius 2 is 2.15 bits per heavy atom. The van der Waals surface area contributed by atoms with Crippen molar-refractivity contribution in [3.05, 3.63) is 23.5 Å². The molecular weight excluding hydrogens is 340 g/mol. The van der Waals surface area contributed by atoms with Crippen LogP contribution in [0, 0.1) is 41.4 Å². The maximum atomic E-state index is 11.4. The number of rotatable bonds is 3. The fourth-order valence-electron chi connectivity index (χ4n) is 7.03. The van der Waals surface area contributed by atoms with Gasteiger partial charge in [-0.2, -0.15) is 0 Å². The molecule has 3 saturated carbocycles. The highest BCUT2D eigenvalue weighted by Gasteiger charge is 2.63. The summed E-state index contributed by atoms with van der Waals surface area (Å²) in [6.45, 7) is 1.60. The first kappa shape index (κ1) is 18.8. The van der Waals surface area contributed by atoms with Crippen molar-refractivity contribution < 1.29 is 19.7 Å². The molecule has 0 aromatic rings. The Morgan fingerprint density at radius 3 is 2.85 bits per heavy atom. The zero-order chi connectivity index (χ0) is 19.2. The van der Waals surface area contributed by atoms with Gasteiger partial charge in [-0.25, -0.2) is 4.79 Å². The molecule has 0 aromatic heterocycles. The van der Waals surface area contributed by atoms with E-state index in [2.05, 4.69) is 12.8 Å². The van der Waals surface area contributed by atoms with Crippen LogP contribution in [0.4, 0.5) is 0 Å². The van der Waals surface area contributed by atoms with Crippen LogP contribution in [-0.4, -0.2) is 28.4 Å². The van der Waals surface area contributed by atoms with Crippen molar-refractivity contribution in [1.29, 1.82) is 0 Å². The van der Waals surface area contributed by atoms with Crippen molar-refractivity contribution in [2.45, 2.75) is 63.9 Å². The van der Waals surface area contributed by atoms with E-state index < -0.39 is 18.2 Å². The van der Waals surface area contributed by atoms with Gasteiger partial charge in [0.25, 0.3) is 0 Å². The third-order valence-electron chi connectivity index (χ3n) is 8.23. The van der Waals surface area contributed by atoms with Crippen LogP contribution in [0.25, 0.3) is 0 Å². The molecule has 4 heteroatoms. The minimum absolute atomic E-state index is 0.115. The number of hydrogen-bond donors (Lipinski definition) is 2. The van der Waals surface area contributed by atoms with Crippen LogP contribution < -0.4 is 0 Å². The molecule has 0 aliphatic heterocycles. The number of carbonyl (C=O) groups is 1. The number of fused-ring (bicyclic) bond motifs is 5. The van der Waals surface area contributed by atoms with Crippen LogP contribution in [0.1, 0.15) is 58.3 Å². The largest absolute Gasteiger partial charge is 0.425 e. The lowest BCUT2D eigenvalue weighted by Crippen LogP contribution is -2.53. The lowest BCUT2D eigenvalue weighted by atomic mass is 9.49. The fourth-order valence-corrected chi connectivity index (χ4v) is 7.03. The van der Waals surface area contributed by atoms with Gasteiger partial charge in [-0.1, -0.05) is 18.4 Å². The number of aliphatic hydroxyl groups excluding tert-OH is 1. The molecule has 2 N–H and O–H groups in total. The summed E-state index contributed by atoms with van der Waals surface area (Å²) < 4.78 is 5.21. The molecule has 146 valence electrons. The number of ether oxygens (including phenoxy) is 1. The van der Waals surface area contributed by atoms with E-state index in [9.17, 15) is 9.90 Å². The molecule has 0 aromatic carbocycles. The third kappa shape index (κ3) is 2.70. The first-order valence-electron chi connectivity index (χ1n) is 10.4. The summed E-state index contributed by atoms with van der Waals surface area (Å²) in [6.07, 6.45) is 17.7. The van der Waals surface area contributed by atoms with E-state index in [-0.39, 0.29) is 5.41 Å². The summed E-state index contributed by atoms with van der Waals surface area (Å²) in [5.41, 5.74) is 0.330. The van der Waals surface area contributed by atoms with Crippen LogP contribution in [0.15, 0.2) is 23.5 Å². The molecule has 4 unspecified atom stereocenters. The Labute approximate surface area is 161 Å². The summed E-state index contributed by atoms with van der Waals surface area (Å²) in [7, 11) is 0. The smallest absolute Gasteiger partial charge is 0.337 e. The molecule has 0 heterocycles. The molecule has 4 rings (SSSR count). The van der Waals surface area contributed by atoms with Gasteiger partial charge >= 0.3 is 5.97 Å². The Morgan fingerprint density at radius 1 is 1.33 bits per heavy atom. The lowest BCUT2D eigenvalue weighted by molar-refractivity contribution is -0.142. The van der Waals surface area contributed by atoms with E-state index in [1.54, 1.807) is 0 Å². The van der Waals surface area contributed by atoms with Gasteiger partial charge in [0.2, 0.25) is 0 Å². The van der Waals surface area contributed by atoms with Crippen molar-refractivity contribution in [3.63, 3.8) is 0 Å². The Kier molecular flexibility index (Phi) is 4.72. The average Bonchev–Trinajstić information content (AvgIpc) is 3.01. The topological polar surface area (TPSA) is 66.8 Å². The van der Waals surface area contributed by atoms with Crippen LogP contribution in [0.3, 0.4) is 0 Å².